The van der Waals surface area contributed by atoms with Crippen molar-refractivity contribution in [3.8, 4) is 0 Å². The summed E-state index contributed by atoms with van der Waals surface area (Å²) >= 11 is 0. The molecule has 29 heavy (non-hydrogen) atoms. The van der Waals surface area contributed by atoms with Gasteiger partial charge in [-0.15, -0.1) is 0 Å². The Morgan fingerprint density at radius 3 is 2.62 bits per heavy atom. The quantitative estimate of drug-likeness (QED) is 0.782. The molecule has 1 aromatic carbocycles. The molecule has 0 radical (unpaired) electrons. The van der Waals surface area contributed by atoms with Crippen molar-refractivity contribution in [2.75, 3.05) is 32.7 Å². The molecule has 4 rings (SSSR count). The number of nitrogens with one attached hydrogen (secondary N) is 1. The van der Waals surface area contributed by atoms with Crippen LogP contribution in [0.3, 0.4) is 0 Å². The number of benzene rings is 1. The van der Waals surface area contributed by atoms with Crippen LogP contribution in [0.4, 0.5) is 0 Å². The molecule has 156 valence electrons. The Balaban J connectivity index is 1.32. The summed E-state index contributed by atoms with van der Waals surface area (Å²) < 4.78 is 0. The summed E-state index contributed by atoms with van der Waals surface area (Å²) in [5.74, 6) is 0.0161. The van der Waals surface area contributed by atoms with E-state index in [9.17, 15) is 14.4 Å². The van der Waals surface area contributed by atoms with E-state index in [1.165, 1.54) is 6.42 Å². The molecule has 3 fully saturated rings. The molecule has 0 aliphatic carbocycles. The standard InChI is InChI=1S/C22H30N4O3/c1-2-24-11-3-5-18(24)13-23-21(28)17-9-7-16(8-10-17)14-25-15-20(27)26-12-4-6-19(26)22(25)29/h7-10,18-19H,2-6,11-15H2,1H3,(H,23,28). The van der Waals surface area contributed by atoms with Crippen molar-refractivity contribution in [3.05, 3.63) is 35.4 Å². The summed E-state index contributed by atoms with van der Waals surface area (Å²) in [5.41, 5.74) is 1.56. The van der Waals surface area contributed by atoms with E-state index < -0.39 is 0 Å². The van der Waals surface area contributed by atoms with E-state index in [0.717, 1.165) is 37.9 Å². The van der Waals surface area contributed by atoms with Crippen molar-refractivity contribution in [1.29, 1.82) is 0 Å². The summed E-state index contributed by atoms with van der Waals surface area (Å²) in [6, 6.07) is 7.51. The first-order valence-corrected chi connectivity index (χ1v) is 10.8. The second-order valence-corrected chi connectivity index (χ2v) is 8.27. The van der Waals surface area contributed by atoms with Crippen LogP contribution < -0.4 is 5.32 Å². The maximum Gasteiger partial charge on any atom is 0.251 e. The minimum Gasteiger partial charge on any atom is -0.350 e. The molecule has 3 saturated heterocycles. The van der Waals surface area contributed by atoms with E-state index in [1.54, 1.807) is 21.9 Å². The molecule has 1 aromatic rings. The van der Waals surface area contributed by atoms with Gasteiger partial charge >= 0.3 is 0 Å². The number of piperazine rings is 1. The van der Waals surface area contributed by atoms with E-state index in [0.29, 0.717) is 31.2 Å². The number of fused-ring (bicyclic) bond motifs is 1. The molecule has 7 heteroatoms. The number of carbonyl (C=O) groups is 3. The van der Waals surface area contributed by atoms with Gasteiger partial charge in [0.15, 0.2) is 0 Å². The second-order valence-electron chi connectivity index (χ2n) is 8.27. The Morgan fingerprint density at radius 2 is 1.86 bits per heavy atom. The Morgan fingerprint density at radius 1 is 1.10 bits per heavy atom. The number of hydrogen-bond acceptors (Lipinski definition) is 4. The summed E-state index contributed by atoms with van der Waals surface area (Å²) in [7, 11) is 0. The smallest absolute Gasteiger partial charge is 0.251 e. The zero-order chi connectivity index (χ0) is 20.4. The highest BCUT2D eigenvalue weighted by Crippen LogP contribution is 2.24. The first-order chi connectivity index (χ1) is 14.1. The number of likely N-dealkylation sites (N-methyl/N-ethyl adjacent to an activating group) is 1. The first kappa shape index (κ1) is 19.9. The van der Waals surface area contributed by atoms with Gasteiger partial charge in [0, 0.05) is 31.2 Å². The van der Waals surface area contributed by atoms with Crippen molar-refractivity contribution in [2.45, 2.75) is 51.2 Å². The maximum absolute atomic E-state index is 12.7. The molecule has 0 bridgehead atoms. The fourth-order valence-electron chi connectivity index (χ4n) is 4.84. The fourth-order valence-corrected chi connectivity index (χ4v) is 4.84. The maximum atomic E-state index is 12.7. The van der Waals surface area contributed by atoms with Gasteiger partial charge in [-0.05, 0) is 56.5 Å². The molecule has 7 nitrogen and oxygen atoms in total. The molecule has 2 unspecified atom stereocenters. The first-order valence-electron chi connectivity index (χ1n) is 10.8. The van der Waals surface area contributed by atoms with Gasteiger partial charge in [-0.25, -0.2) is 0 Å². The molecule has 3 heterocycles. The summed E-state index contributed by atoms with van der Waals surface area (Å²) in [6.07, 6.45) is 3.99. The predicted octanol–water partition coefficient (Wildman–Crippen LogP) is 1.23. The van der Waals surface area contributed by atoms with Crippen molar-refractivity contribution in [2.24, 2.45) is 0 Å². The minimum atomic E-state index is -0.278. The SMILES string of the molecule is CCN1CCCC1CNC(=O)c1ccc(CN2CC(=O)N3CCCC3C2=O)cc1. The van der Waals surface area contributed by atoms with Crippen LogP contribution >= 0.6 is 0 Å². The highest BCUT2D eigenvalue weighted by atomic mass is 16.2. The topological polar surface area (TPSA) is 73.0 Å². The lowest BCUT2D eigenvalue weighted by molar-refractivity contribution is -0.154. The number of likely N-dealkylation sites (tertiary alicyclic amines) is 1. The average molecular weight is 399 g/mol. The molecule has 3 aliphatic heterocycles. The number of rotatable bonds is 6. The monoisotopic (exact) mass is 398 g/mol. The largest absolute Gasteiger partial charge is 0.350 e. The Hall–Kier alpha value is -2.41. The molecule has 0 saturated carbocycles. The van der Waals surface area contributed by atoms with Crippen LogP contribution in [0.25, 0.3) is 0 Å². The van der Waals surface area contributed by atoms with Crippen LogP contribution in [-0.4, -0.2) is 77.2 Å². The third kappa shape index (κ3) is 4.15. The minimum absolute atomic E-state index is 0.0381. The average Bonchev–Trinajstić information content (AvgIpc) is 3.40. The molecular weight excluding hydrogens is 368 g/mol. The highest BCUT2D eigenvalue weighted by Gasteiger charge is 2.41. The molecule has 0 aromatic heterocycles. The number of nitrogens with zero attached hydrogens (tertiary/aromatic N) is 3. The van der Waals surface area contributed by atoms with E-state index in [-0.39, 0.29) is 30.3 Å². The van der Waals surface area contributed by atoms with Crippen LogP contribution in [0, 0.1) is 0 Å². The lowest BCUT2D eigenvalue weighted by Gasteiger charge is -2.36. The van der Waals surface area contributed by atoms with Crippen LogP contribution in [0.5, 0.6) is 0 Å². The fraction of sp³-hybridized carbons (Fsp3) is 0.591. The van der Waals surface area contributed by atoms with Crippen LogP contribution in [0.2, 0.25) is 0 Å². The van der Waals surface area contributed by atoms with Crippen molar-refractivity contribution < 1.29 is 14.4 Å². The van der Waals surface area contributed by atoms with Gasteiger partial charge in [-0.2, -0.15) is 0 Å². The van der Waals surface area contributed by atoms with Gasteiger partial charge < -0.3 is 15.1 Å². The van der Waals surface area contributed by atoms with E-state index in [4.69, 9.17) is 0 Å². The predicted molar refractivity (Wildman–Crippen MR) is 109 cm³/mol. The lowest BCUT2D eigenvalue weighted by atomic mass is 10.1. The summed E-state index contributed by atoms with van der Waals surface area (Å²) in [5, 5.41) is 3.05. The van der Waals surface area contributed by atoms with Gasteiger partial charge in [0.1, 0.15) is 12.6 Å². The summed E-state index contributed by atoms with van der Waals surface area (Å²) in [4.78, 5) is 43.2. The molecule has 2 atom stereocenters. The molecule has 3 amide bonds. The third-order valence-electron chi connectivity index (χ3n) is 6.49. The highest BCUT2D eigenvalue weighted by molar-refractivity contribution is 5.95. The third-order valence-corrected chi connectivity index (χ3v) is 6.49. The lowest BCUT2D eigenvalue weighted by Crippen LogP contribution is -2.56. The van der Waals surface area contributed by atoms with Gasteiger partial charge in [0.2, 0.25) is 11.8 Å². The zero-order valence-corrected chi connectivity index (χ0v) is 17.1. The second kappa shape index (κ2) is 8.53. The summed E-state index contributed by atoms with van der Waals surface area (Å²) in [6.45, 7) is 6.22. The molecule has 1 N–H and O–H groups in total. The van der Waals surface area contributed by atoms with Crippen LogP contribution in [0.15, 0.2) is 24.3 Å². The Bertz CT molecular complexity index is 779. The van der Waals surface area contributed by atoms with Gasteiger partial charge in [0.25, 0.3) is 5.91 Å². The van der Waals surface area contributed by atoms with Crippen LogP contribution in [-0.2, 0) is 16.1 Å². The number of amides is 3. The van der Waals surface area contributed by atoms with Crippen LogP contribution in [0.1, 0.15) is 48.5 Å². The van der Waals surface area contributed by atoms with E-state index in [2.05, 4.69) is 17.1 Å². The van der Waals surface area contributed by atoms with Crippen molar-refractivity contribution >= 4 is 17.7 Å². The van der Waals surface area contributed by atoms with E-state index in [1.807, 2.05) is 12.1 Å². The van der Waals surface area contributed by atoms with E-state index >= 15 is 0 Å². The normalized spacial score (nSPS) is 24.9. The van der Waals surface area contributed by atoms with Gasteiger partial charge in [-0.1, -0.05) is 19.1 Å². The zero-order valence-electron chi connectivity index (χ0n) is 17.1. The van der Waals surface area contributed by atoms with Crippen molar-refractivity contribution in [1.82, 2.24) is 20.0 Å². The molecule has 3 aliphatic rings. The van der Waals surface area contributed by atoms with Gasteiger partial charge in [-0.3, -0.25) is 19.3 Å². The molecular formula is C22H30N4O3. The molecule has 0 spiro atoms. The number of hydrogen-bond donors (Lipinski definition) is 1. The van der Waals surface area contributed by atoms with Crippen molar-refractivity contribution in [3.63, 3.8) is 0 Å². The Labute approximate surface area is 172 Å². The number of carbonyl (C=O) groups excluding carboxylic acids is 3. The Kier molecular flexibility index (Phi) is 5.85. The van der Waals surface area contributed by atoms with Gasteiger partial charge in [0.05, 0.1) is 0 Å².